The summed E-state index contributed by atoms with van der Waals surface area (Å²) in [5.74, 6) is -0.545. The van der Waals surface area contributed by atoms with Gasteiger partial charge in [-0.1, -0.05) is 26.7 Å². The van der Waals surface area contributed by atoms with Gasteiger partial charge in [0, 0.05) is 31.5 Å². The van der Waals surface area contributed by atoms with Gasteiger partial charge in [-0.15, -0.1) is 11.3 Å². The number of carbonyl (C=O) groups is 3. The Morgan fingerprint density at radius 1 is 1.31 bits per heavy atom. The van der Waals surface area contributed by atoms with E-state index < -0.39 is 12.0 Å². The SMILES string of the molecule is CCOC(=O)c1csc([C@H]2C[C@@H](N(C)C(=O)[C@@H](NC(=O)[C@H]3CCCCN3C)[C@@H](C)CC)CCO2)n1. The summed E-state index contributed by atoms with van der Waals surface area (Å²) in [4.78, 5) is 47.0. The number of amides is 2. The molecule has 9 nitrogen and oxygen atoms in total. The zero-order valence-electron chi connectivity index (χ0n) is 21.6. The molecule has 2 saturated heterocycles. The molecule has 1 aromatic rings. The van der Waals surface area contributed by atoms with E-state index in [-0.39, 0.29) is 41.6 Å². The molecule has 0 radical (unpaired) electrons. The van der Waals surface area contributed by atoms with Crippen LogP contribution in [0.25, 0.3) is 0 Å². The van der Waals surface area contributed by atoms with E-state index in [0.29, 0.717) is 31.1 Å². The summed E-state index contributed by atoms with van der Waals surface area (Å²) in [6.07, 6.45) is 4.75. The zero-order chi connectivity index (χ0) is 25.5. The van der Waals surface area contributed by atoms with Crippen LogP contribution in [0.4, 0.5) is 0 Å². The highest BCUT2D eigenvalue weighted by atomic mass is 32.1. The van der Waals surface area contributed by atoms with Crippen molar-refractivity contribution in [1.29, 1.82) is 0 Å². The first kappa shape index (κ1) is 27.5. The summed E-state index contributed by atoms with van der Waals surface area (Å²) < 4.78 is 11.0. The van der Waals surface area contributed by atoms with Crippen molar-refractivity contribution in [2.75, 3.05) is 33.9 Å². The third-order valence-corrected chi connectivity index (χ3v) is 8.22. The van der Waals surface area contributed by atoms with E-state index in [1.807, 2.05) is 27.9 Å². The lowest BCUT2D eigenvalue weighted by Gasteiger charge is -2.38. The van der Waals surface area contributed by atoms with Crippen LogP contribution in [0.1, 0.15) is 80.9 Å². The number of nitrogens with one attached hydrogen (secondary N) is 1. The van der Waals surface area contributed by atoms with Gasteiger partial charge in [-0.2, -0.15) is 0 Å². The average molecular weight is 509 g/mol. The topological polar surface area (TPSA) is 101 Å². The van der Waals surface area contributed by atoms with Crippen LogP contribution in [0.15, 0.2) is 5.38 Å². The van der Waals surface area contributed by atoms with Crippen molar-refractivity contribution in [3.8, 4) is 0 Å². The fourth-order valence-electron chi connectivity index (χ4n) is 4.78. The molecule has 0 aliphatic carbocycles. The van der Waals surface area contributed by atoms with Gasteiger partial charge in [-0.05, 0) is 45.7 Å². The number of thiazole rings is 1. The lowest BCUT2D eigenvalue weighted by molar-refractivity contribution is -0.142. The lowest BCUT2D eigenvalue weighted by Crippen LogP contribution is -2.57. The summed E-state index contributed by atoms with van der Waals surface area (Å²) >= 11 is 1.37. The third-order valence-electron chi connectivity index (χ3n) is 7.28. The molecular weight excluding hydrogens is 468 g/mol. The first-order chi connectivity index (χ1) is 16.8. The minimum atomic E-state index is -0.565. The number of piperidine rings is 1. The van der Waals surface area contributed by atoms with E-state index in [9.17, 15) is 14.4 Å². The van der Waals surface area contributed by atoms with Gasteiger partial charge in [0.2, 0.25) is 11.8 Å². The molecule has 3 heterocycles. The summed E-state index contributed by atoms with van der Waals surface area (Å²) in [6.45, 7) is 7.51. The molecule has 0 aromatic carbocycles. The van der Waals surface area contributed by atoms with Crippen LogP contribution in [0.3, 0.4) is 0 Å². The Kier molecular flexibility index (Phi) is 10.1. The molecule has 3 rings (SSSR count). The second-order valence-corrected chi connectivity index (χ2v) is 10.5. The normalized spacial score (nSPS) is 24.9. The van der Waals surface area contributed by atoms with E-state index in [1.54, 1.807) is 17.2 Å². The number of likely N-dealkylation sites (N-methyl/N-ethyl adjacent to an activating group) is 2. The van der Waals surface area contributed by atoms with Gasteiger partial charge in [0.15, 0.2) is 5.69 Å². The number of aromatic nitrogens is 1. The molecule has 2 amide bonds. The van der Waals surface area contributed by atoms with Crippen LogP contribution < -0.4 is 5.32 Å². The van der Waals surface area contributed by atoms with Crippen molar-refractivity contribution in [2.45, 2.75) is 83.5 Å². The number of esters is 1. The lowest BCUT2D eigenvalue weighted by atomic mass is 9.94. The van der Waals surface area contributed by atoms with Crippen molar-refractivity contribution < 1.29 is 23.9 Å². The van der Waals surface area contributed by atoms with Crippen LogP contribution >= 0.6 is 11.3 Å². The summed E-state index contributed by atoms with van der Waals surface area (Å²) in [7, 11) is 3.79. The first-order valence-corrected chi connectivity index (χ1v) is 13.7. The average Bonchev–Trinajstić information content (AvgIpc) is 3.37. The van der Waals surface area contributed by atoms with Gasteiger partial charge in [0.1, 0.15) is 17.2 Å². The van der Waals surface area contributed by atoms with E-state index in [1.165, 1.54) is 11.3 Å². The largest absolute Gasteiger partial charge is 0.461 e. The number of ether oxygens (including phenoxy) is 2. The Balaban J connectivity index is 1.67. The number of rotatable bonds is 9. The Bertz CT molecular complexity index is 878. The van der Waals surface area contributed by atoms with Crippen LogP contribution in [-0.4, -0.2) is 84.5 Å². The molecule has 1 N–H and O–H groups in total. The summed E-state index contributed by atoms with van der Waals surface area (Å²) in [6, 6.07) is -0.791. The molecule has 2 aliphatic heterocycles. The van der Waals surface area contributed by atoms with E-state index in [2.05, 4.69) is 15.2 Å². The highest BCUT2D eigenvalue weighted by molar-refractivity contribution is 7.09. The Morgan fingerprint density at radius 3 is 2.77 bits per heavy atom. The monoisotopic (exact) mass is 508 g/mol. The van der Waals surface area contributed by atoms with Crippen molar-refractivity contribution in [2.24, 2.45) is 5.92 Å². The number of hydrogen-bond donors (Lipinski definition) is 1. The van der Waals surface area contributed by atoms with Crippen molar-refractivity contribution in [3.05, 3.63) is 16.1 Å². The maximum absolute atomic E-state index is 13.6. The fraction of sp³-hybridized carbons (Fsp3) is 0.760. The number of hydrogen-bond acceptors (Lipinski definition) is 8. The van der Waals surface area contributed by atoms with E-state index in [0.717, 1.165) is 32.2 Å². The maximum atomic E-state index is 13.6. The van der Waals surface area contributed by atoms with E-state index in [4.69, 9.17) is 9.47 Å². The number of likely N-dealkylation sites (tertiary alicyclic amines) is 1. The third kappa shape index (κ3) is 6.80. The summed E-state index contributed by atoms with van der Waals surface area (Å²) in [5.41, 5.74) is 0.286. The molecule has 0 unspecified atom stereocenters. The molecule has 0 bridgehead atoms. The van der Waals surface area contributed by atoms with Crippen LogP contribution in [0.5, 0.6) is 0 Å². The highest BCUT2D eigenvalue weighted by Gasteiger charge is 2.37. The fourth-order valence-corrected chi connectivity index (χ4v) is 5.62. The van der Waals surface area contributed by atoms with Gasteiger partial charge in [-0.25, -0.2) is 9.78 Å². The molecule has 2 aliphatic rings. The Labute approximate surface area is 212 Å². The molecule has 35 heavy (non-hydrogen) atoms. The predicted molar refractivity (Wildman–Crippen MR) is 134 cm³/mol. The van der Waals surface area contributed by atoms with Crippen LogP contribution in [-0.2, 0) is 19.1 Å². The second kappa shape index (κ2) is 12.8. The minimum absolute atomic E-state index is 0.0181. The van der Waals surface area contributed by atoms with Crippen molar-refractivity contribution in [3.63, 3.8) is 0 Å². The second-order valence-electron chi connectivity index (χ2n) is 9.64. The Morgan fingerprint density at radius 2 is 2.09 bits per heavy atom. The summed E-state index contributed by atoms with van der Waals surface area (Å²) in [5, 5.41) is 5.49. The molecule has 1 aromatic heterocycles. The molecule has 2 fully saturated rings. The first-order valence-electron chi connectivity index (χ1n) is 12.8. The molecule has 0 saturated carbocycles. The van der Waals surface area contributed by atoms with Crippen LogP contribution in [0.2, 0.25) is 0 Å². The maximum Gasteiger partial charge on any atom is 0.357 e. The molecule has 0 spiro atoms. The molecule has 5 atom stereocenters. The van der Waals surface area contributed by atoms with Gasteiger partial charge >= 0.3 is 5.97 Å². The molecule has 10 heteroatoms. The van der Waals surface area contributed by atoms with Gasteiger partial charge in [-0.3, -0.25) is 14.5 Å². The van der Waals surface area contributed by atoms with Crippen LogP contribution in [0, 0.1) is 5.92 Å². The van der Waals surface area contributed by atoms with Gasteiger partial charge in [0.25, 0.3) is 0 Å². The predicted octanol–water partition coefficient (Wildman–Crippen LogP) is 3.01. The van der Waals surface area contributed by atoms with Crippen molar-refractivity contribution in [1.82, 2.24) is 20.1 Å². The highest BCUT2D eigenvalue weighted by Crippen LogP contribution is 2.33. The molecular formula is C25H40N4O5S. The van der Waals surface area contributed by atoms with Gasteiger partial charge in [0.05, 0.1) is 12.6 Å². The zero-order valence-corrected chi connectivity index (χ0v) is 22.4. The van der Waals surface area contributed by atoms with Gasteiger partial charge < -0.3 is 19.7 Å². The minimum Gasteiger partial charge on any atom is -0.461 e. The standard InChI is InChI=1S/C25H40N4O5S/c1-6-16(3)21(27-22(30)19-10-8-9-12-28(19)4)24(31)29(5)17-11-13-34-20(14-17)23-26-18(15-35-23)25(32)33-7-2/h15-17,19-21H,6-14H2,1-5H3,(H,27,30)/t16-,17-,19+,20+,21-/m0/s1. The van der Waals surface area contributed by atoms with E-state index >= 15 is 0 Å². The smallest absolute Gasteiger partial charge is 0.357 e. The molecule has 196 valence electrons. The number of nitrogens with zero attached hydrogens (tertiary/aromatic N) is 3. The van der Waals surface area contributed by atoms with Crippen molar-refractivity contribution >= 4 is 29.1 Å². The Hall–Kier alpha value is -2.04. The quantitative estimate of drug-likeness (QED) is 0.512. The number of carbonyl (C=O) groups excluding carboxylic acids is 3.